The summed E-state index contributed by atoms with van der Waals surface area (Å²) in [5.74, 6) is 0.248. The van der Waals surface area contributed by atoms with E-state index < -0.39 is 17.4 Å². The van der Waals surface area contributed by atoms with Crippen LogP contribution in [0.1, 0.15) is 32.1 Å². The van der Waals surface area contributed by atoms with Gasteiger partial charge in [0.2, 0.25) is 0 Å². The highest BCUT2D eigenvalue weighted by Gasteiger charge is 2.64. The van der Waals surface area contributed by atoms with E-state index in [1.54, 1.807) is 0 Å². The maximum absolute atomic E-state index is 12.3. The summed E-state index contributed by atoms with van der Waals surface area (Å²) in [6.07, 6.45) is 7.05. The van der Waals surface area contributed by atoms with Gasteiger partial charge >= 0.3 is 11.9 Å². The molecule has 0 unspecified atom stereocenters. The summed E-state index contributed by atoms with van der Waals surface area (Å²) >= 11 is 0. The summed E-state index contributed by atoms with van der Waals surface area (Å²) in [5.41, 5.74) is 0.199. The van der Waals surface area contributed by atoms with Crippen molar-refractivity contribution in [3.63, 3.8) is 0 Å². The second-order valence-corrected chi connectivity index (χ2v) is 5.97. The zero-order valence-corrected chi connectivity index (χ0v) is 11.5. The molecule has 4 heteroatoms. The van der Waals surface area contributed by atoms with Crippen LogP contribution in [-0.2, 0) is 19.1 Å². The zero-order chi connectivity index (χ0) is 13.6. The summed E-state index contributed by atoms with van der Waals surface area (Å²) < 4.78 is 9.90. The third-order valence-corrected chi connectivity index (χ3v) is 5.36. The molecule has 0 N–H and O–H groups in total. The fourth-order valence-electron chi connectivity index (χ4n) is 4.64. The largest absolute Gasteiger partial charge is 0.468 e. The Labute approximate surface area is 113 Å². The number of methoxy groups -OCH3 is 2. The quantitative estimate of drug-likeness (QED) is 0.435. The molecule has 3 aliphatic rings. The van der Waals surface area contributed by atoms with Crippen LogP contribution in [0.25, 0.3) is 0 Å². The molecule has 0 radical (unpaired) electrons. The molecule has 0 aromatic heterocycles. The van der Waals surface area contributed by atoms with E-state index in [0.29, 0.717) is 18.3 Å². The molecule has 0 bridgehead atoms. The van der Waals surface area contributed by atoms with Crippen LogP contribution in [0, 0.1) is 23.2 Å². The highest BCUT2D eigenvalue weighted by Crippen LogP contribution is 2.61. The van der Waals surface area contributed by atoms with E-state index in [9.17, 15) is 9.59 Å². The van der Waals surface area contributed by atoms with Crippen LogP contribution >= 0.6 is 0 Å². The van der Waals surface area contributed by atoms with Crippen LogP contribution in [0.3, 0.4) is 0 Å². The first kappa shape index (κ1) is 12.7. The van der Waals surface area contributed by atoms with Crippen molar-refractivity contribution in [3.8, 4) is 0 Å². The van der Waals surface area contributed by atoms with Crippen LogP contribution in [0.15, 0.2) is 11.6 Å². The smallest absolute Gasteiger partial charge is 0.323 e. The second-order valence-electron chi connectivity index (χ2n) is 5.97. The average molecular weight is 264 g/mol. The third kappa shape index (κ3) is 1.52. The Morgan fingerprint density at radius 1 is 1.21 bits per heavy atom. The summed E-state index contributed by atoms with van der Waals surface area (Å²) in [4.78, 5) is 24.6. The van der Waals surface area contributed by atoms with E-state index >= 15 is 0 Å². The average Bonchev–Trinajstić information content (AvgIpc) is 3.01. The van der Waals surface area contributed by atoms with Gasteiger partial charge in [-0.25, -0.2) is 0 Å². The summed E-state index contributed by atoms with van der Waals surface area (Å²) in [7, 11) is 2.71. The van der Waals surface area contributed by atoms with E-state index in [1.165, 1.54) is 26.2 Å². The summed E-state index contributed by atoms with van der Waals surface area (Å²) in [6, 6.07) is 0. The van der Waals surface area contributed by atoms with Gasteiger partial charge in [-0.15, -0.1) is 0 Å². The molecule has 0 aromatic carbocycles. The molecule has 2 fully saturated rings. The maximum atomic E-state index is 12.3. The molecular weight excluding hydrogens is 244 g/mol. The first-order valence-corrected chi connectivity index (χ1v) is 7.01. The fourth-order valence-corrected chi connectivity index (χ4v) is 4.64. The van der Waals surface area contributed by atoms with Crippen LogP contribution < -0.4 is 0 Å². The Hall–Kier alpha value is -1.32. The van der Waals surface area contributed by atoms with Crippen molar-refractivity contribution in [2.75, 3.05) is 14.2 Å². The first-order valence-electron chi connectivity index (χ1n) is 7.01. The number of carbonyl (C=O) groups excluding carboxylic acids is 2. The van der Waals surface area contributed by atoms with Crippen molar-refractivity contribution < 1.29 is 19.1 Å². The molecule has 3 rings (SSSR count). The van der Waals surface area contributed by atoms with E-state index in [4.69, 9.17) is 9.47 Å². The number of hydrogen-bond donors (Lipinski definition) is 0. The number of esters is 2. The predicted molar refractivity (Wildman–Crippen MR) is 68.1 cm³/mol. The van der Waals surface area contributed by atoms with Gasteiger partial charge in [0.25, 0.3) is 0 Å². The van der Waals surface area contributed by atoms with Crippen molar-refractivity contribution in [2.45, 2.75) is 32.1 Å². The molecule has 19 heavy (non-hydrogen) atoms. The van der Waals surface area contributed by atoms with Crippen LogP contribution in [0.2, 0.25) is 0 Å². The lowest BCUT2D eigenvalue weighted by atomic mass is 9.66. The lowest BCUT2D eigenvalue weighted by Crippen LogP contribution is -2.47. The Balaban J connectivity index is 2.06. The SMILES string of the molecule is COC(=O)C1(C(=O)OC)CC2=CC[C@H]3CCC[C@@H]1[C@@H]23. The van der Waals surface area contributed by atoms with Gasteiger partial charge in [0, 0.05) is 0 Å². The molecule has 0 saturated heterocycles. The molecule has 4 nitrogen and oxygen atoms in total. The van der Waals surface area contributed by atoms with Crippen molar-refractivity contribution in [1.82, 2.24) is 0 Å². The van der Waals surface area contributed by atoms with E-state index in [-0.39, 0.29) is 5.92 Å². The molecule has 3 aliphatic carbocycles. The number of hydrogen-bond acceptors (Lipinski definition) is 4. The number of ether oxygens (including phenoxy) is 2. The van der Waals surface area contributed by atoms with Crippen LogP contribution in [0.5, 0.6) is 0 Å². The molecule has 3 atom stereocenters. The number of allylic oxidation sites excluding steroid dienone is 2. The highest BCUT2D eigenvalue weighted by atomic mass is 16.5. The van der Waals surface area contributed by atoms with Gasteiger partial charge in [-0.05, 0) is 43.4 Å². The maximum Gasteiger partial charge on any atom is 0.323 e. The molecule has 0 heterocycles. The van der Waals surface area contributed by atoms with Gasteiger partial charge in [-0.2, -0.15) is 0 Å². The molecule has 104 valence electrons. The summed E-state index contributed by atoms with van der Waals surface area (Å²) in [6.45, 7) is 0. The molecule has 2 saturated carbocycles. The Morgan fingerprint density at radius 3 is 2.53 bits per heavy atom. The molecule has 0 amide bonds. The standard InChI is InChI=1S/C15H20O4/c1-18-13(16)15(14(17)19-2)8-10-7-6-9-4-3-5-11(15)12(9)10/h7,9,11-12H,3-6,8H2,1-2H3/t9-,11-,12-/m1/s1. The van der Waals surface area contributed by atoms with E-state index in [2.05, 4.69) is 6.08 Å². The van der Waals surface area contributed by atoms with Crippen molar-refractivity contribution in [3.05, 3.63) is 11.6 Å². The Kier molecular flexibility index (Phi) is 2.91. The van der Waals surface area contributed by atoms with Gasteiger partial charge in [0.1, 0.15) is 0 Å². The minimum Gasteiger partial charge on any atom is -0.468 e. The lowest BCUT2D eigenvalue weighted by Gasteiger charge is -2.37. The minimum absolute atomic E-state index is 0.0694. The Morgan fingerprint density at radius 2 is 1.89 bits per heavy atom. The molecule has 0 aliphatic heterocycles. The van der Waals surface area contributed by atoms with E-state index in [1.807, 2.05) is 0 Å². The van der Waals surface area contributed by atoms with Gasteiger partial charge in [0.05, 0.1) is 14.2 Å². The predicted octanol–water partition coefficient (Wildman–Crippen LogP) is 2.09. The normalized spacial score (nSPS) is 34.4. The zero-order valence-electron chi connectivity index (χ0n) is 11.5. The summed E-state index contributed by atoms with van der Waals surface area (Å²) in [5, 5.41) is 0. The second kappa shape index (κ2) is 4.36. The first-order chi connectivity index (χ1) is 9.15. The van der Waals surface area contributed by atoms with Crippen LogP contribution in [-0.4, -0.2) is 26.2 Å². The van der Waals surface area contributed by atoms with Gasteiger partial charge in [-0.3, -0.25) is 9.59 Å². The topological polar surface area (TPSA) is 52.6 Å². The Bertz CT molecular complexity index is 435. The van der Waals surface area contributed by atoms with Gasteiger partial charge in [0.15, 0.2) is 5.41 Å². The molecule has 0 spiro atoms. The number of rotatable bonds is 2. The third-order valence-electron chi connectivity index (χ3n) is 5.36. The monoisotopic (exact) mass is 264 g/mol. The van der Waals surface area contributed by atoms with Crippen LogP contribution in [0.4, 0.5) is 0 Å². The van der Waals surface area contributed by atoms with Gasteiger partial charge < -0.3 is 9.47 Å². The highest BCUT2D eigenvalue weighted by molar-refractivity contribution is 6.01. The lowest BCUT2D eigenvalue weighted by molar-refractivity contribution is -0.174. The van der Waals surface area contributed by atoms with Gasteiger partial charge in [-0.1, -0.05) is 18.1 Å². The number of carbonyl (C=O) groups is 2. The van der Waals surface area contributed by atoms with E-state index in [0.717, 1.165) is 19.3 Å². The fraction of sp³-hybridized carbons (Fsp3) is 0.733. The van der Waals surface area contributed by atoms with Crippen molar-refractivity contribution in [2.24, 2.45) is 23.2 Å². The van der Waals surface area contributed by atoms with Crippen molar-refractivity contribution in [1.29, 1.82) is 0 Å². The molecular formula is C15H20O4. The van der Waals surface area contributed by atoms with Crippen molar-refractivity contribution >= 4 is 11.9 Å². The molecule has 0 aromatic rings. The minimum atomic E-state index is -1.08.